The highest BCUT2D eigenvalue weighted by Crippen LogP contribution is 2.24. The second-order valence-electron chi connectivity index (χ2n) is 4.70. The van der Waals surface area contributed by atoms with E-state index in [1.54, 1.807) is 25.2 Å². The molecule has 0 heterocycles. The highest BCUT2D eigenvalue weighted by molar-refractivity contribution is 6.33. The Morgan fingerprint density at radius 1 is 1.14 bits per heavy atom. The van der Waals surface area contributed by atoms with E-state index in [1.165, 1.54) is 0 Å². The third-order valence-electron chi connectivity index (χ3n) is 3.23. The van der Waals surface area contributed by atoms with Gasteiger partial charge in [0.05, 0.1) is 10.7 Å². The van der Waals surface area contributed by atoms with Crippen LogP contribution in [0.15, 0.2) is 36.4 Å². The molecule has 0 fully saturated rings. The second kappa shape index (κ2) is 6.83. The van der Waals surface area contributed by atoms with Crippen LogP contribution >= 0.6 is 23.2 Å². The van der Waals surface area contributed by atoms with E-state index in [0.717, 1.165) is 21.8 Å². The summed E-state index contributed by atoms with van der Waals surface area (Å²) in [5.41, 5.74) is 3.53. The fraction of sp³-hybridized carbons (Fsp3) is 0.188. The van der Waals surface area contributed by atoms with Gasteiger partial charge >= 0.3 is 0 Å². The van der Waals surface area contributed by atoms with E-state index in [0.29, 0.717) is 17.1 Å². The van der Waals surface area contributed by atoms with Gasteiger partial charge in [-0.15, -0.1) is 0 Å². The minimum absolute atomic E-state index is 0.141. The first kappa shape index (κ1) is 15.7. The molecule has 0 aliphatic carbocycles. The Balaban J connectivity index is 2.17. The maximum Gasteiger partial charge on any atom is 0.251 e. The molecule has 0 saturated carbocycles. The first-order valence-electron chi connectivity index (χ1n) is 6.52. The van der Waals surface area contributed by atoms with Crippen molar-refractivity contribution in [3.05, 3.63) is 63.1 Å². The number of nitrogens with one attached hydrogen (secondary N) is 2. The van der Waals surface area contributed by atoms with Crippen LogP contribution in [0.5, 0.6) is 0 Å². The monoisotopic (exact) mass is 322 g/mol. The predicted octanol–water partition coefficient (Wildman–Crippen LogP) is 4.27. The standard InChI is InChI=1S/C16H16Cl2N2O/c1-10-7-13(17)5-3-12(10)9-20-15-8-11(16(21)19-2)4-6-14(15)18/h3-8,20H,9H2,1-2H3,(H,19,21). The van der Waals surface area contributed by atoms with Crippen molar-refractivity contribution < 1.29 is 4.79 Å². The van der Waals surface area contributed by atoms with Gasteiger partial charge in [-0.25, -0.2) is 0 Å². The van der Waals surface area contributed by atoms with Crippen LogP contribution in [-0.4, -0.2) is 13.0 Å². The predicted molar refractivity (Wildman–Crippen MR) is 88.4 cm³/mol. The van der Waals surface area contributed by atoms with Gasteiger partial charge in [0.25, 0.3) is 5.91 Å². The zero-order valence-corrected chi connectivity index (χ0v) is 13.3. The van der Waals surface area contributed by atoms with Crippen LogP contribution in [0.3, 0.4) is 0 Å². The lowest BCUT2D eigenvalue weighted by atomic mass is 10.1. The smallest absolute Gasteiger partial charge is 0.251 e. The summed E-state index contributed by atoms with van der Waals surface area (Å²) in [4.78, 5) is 11.6. The number of hydrogen-bond acceptors (Lipinski definition) is 2. The SMILES string of the molecule is CNC(=O)c1ccc(Cl)c(NCc2ccc(Cl)cc2C)c1. The highest BCUT2D eigenvalue weighted by Gasteiger charge is 2.08. The third-order valence-corrected chi connectivity index (χ3v) is 3.79. The van der Waals surface area contributed by atoms with E-state index in [-0.39, 0.29) is 5.91 Å². The molecule has 0 spiro atoms. The summed E-state index contributed by atoms with van der Waals surface area (Å²) in [6.45, 7) is 2.62. The van der Waals surface area contributed by atoms with E-state index in [9.17, 15) is 4.79 Å². The number of aryl methyl sites for hydroxylation is 1. The molecule has 0 atom stereocenters. The first-order valence-corrected chi connectivity index (χ1v) is 7.27. The highest BCUT2D eigenvalue weighted by atomic mass is 35.5. The maximum absolute atomic E-state index is 11.6. The molecule has 0 aliphatic rings. The van der Waals surface area contributed by atoms with Crippen LogP contribution in [0, 0.1) is 6.92 Å². The summed E-state index contributed by atoms with van der Waals surface area (Å²) in [5.74, 6) is -0.141. The number of anilines is 1. The molecule has 21 heavy (non-hydrogen) atoms. The summed E-state index contributed by atoms with van der Waals surface area (Å²) in [6.07, 6.45) is 0. The van der Waals surface area contributed by atoms with Gasteiger partial charge in [0, 0.05) is 24.2 Å². The molecule has 0 saturated heterocycles. The summed E-state index contributed by atoms with van der Waals surface area (Å²) in [5, 5.41) is 7.14. The average molecular weight is 323 g/mol. The second-order valence-corrected chi connectivity index (χ2v) is 5.54. The number of amides is 1. The summed E-state index contributed by atoms with van der Waals surface area (Å²) >= 11 is 12.1. The lowest BCUT2D eigenvalue weighted by Crippen LogP contribution is -2.17. The van der Waals surface area contributed by atoms with Crippen molar-refractivity contribution >= 4 is 34.8 Å². The van der Waals surface area contributed by atoms with Gasteiger partial charge in [0.2, 0.25) is 0 Å². The Hall–Kier alpha value is -1.71. The van der Waals surface area contributed by atoms with Crippen LogP contribution in [0.1, 0.15) is 21.5 Å². The van der Waals surface area contributed by atoms with E-state index >= 15 is 0 Å². The molecule has 3 nitrogen and oxygen atoms in total. The Kier molecular flexibility index (Phi) is 5.10. The van der Waals surface area contributed by atoms with Gasteiger partial charge in [0.1, 0.15) is 0 Å². The molecular formula is C16H16Cl2N2O. The Morgan fingerprint density at radius 3 is 2.57 bits per heavy atom. The van der Waals surface area contributed by atoms with Crippen LogP contribution in [0.25, 0.3) is 0 Å². The van der Waals surface area contributed by atoms with E-state index in [2.05, 4.69) is 10.6 Å². The van der Waals surface area contributed by atoms with Gasteiger partial charge in [-0.1, -0.05) is 29.3 Å². The van der Waals surface area contributed by atoms with Gasteiger partial charge in [-0.3, -0.25) is 4.79 Å². The molecule has 0 bridgehead atoms. The van der Waals surface area contributed by atoms with Crippen LogP contribution in [0.2, 0.25) is 10.0 Å². The third kappa shape index (κ3) is 3.90. The lowest BCUT2D eigenvalue weighted by molar-refractivity contribution is 0.0963. The van der Waals surface area contributed by atoms with Crippen molar-refractivity contribution in [1.82, 2.24) is 5.32 Å². The van der Waals surface area contributed by atoms with Crippen LogP contribution in [-0.2, 0) is 6.54 Å². The Morgan fingerprint density at radius 2 is 1.90 bits per heavy atom. The molecule has 0 radical (unpaired) electrons. The molecule has 0 aromatic heterocycles. The van der Waals surface area contributed by atoms with Crippen molar-refractivity contribution in [3.8, 4) is 0 Å². The van der Waals surface area contributed by atoms with Crippen molar-refractivity contribution in [1.29, 1.82) is 0 Å². The zero-order chi connectivity index (χ0) is 15.4. The fourth-order valence-corrected chi connectivity index (χ4v) is 2.41. The molecule has 0 unspecified atom stereocenters. The number of carbonyl (C=O) groups excluding carboxylic acids is 1. The topological polar surface area (TPSA) is 41.1 Å². The molecule has 110 valence electrons. The van der Waals surface area contributed by atoms with Crippen molar-refractivity contribution in [3.63, 3.8) is 0 Å². The summed E-state index contributed by atoms with van der Waals surface area (Å²) in [6, 6.07) is 10.9. The van der Waals surface area contributed by atoms with Crippen molar-refractivity contribution in [2.45, 2.75) is 13.5 Å². The van der Waals surface area contributed by atoms with E-state index < -0.39 is 0 Å². The number of halogens is 2. The van der Waals surface area contributed by atoms with Gasteiger partial charge in [-0.2, -0.15) is 0 Å². The lowest BCUT2D eigenvalue weighted by Gasteiger charge is -2.12. The van der Waals surface area contributed by atoms with Gasteiger partial charge < -0.3 is 10.6 Å². The largest absolute Gasteiger partial charge is 0.380 e. The average Bonchev–Trinajstić information content (AvgIpc) is 2.47. The minimum Gasteiger partial charge on any atom is -0.380 e. The van der Waals surface area contributed by atoms with E-state index in [1.807, 2.05) is 25.1 Å². The number of carbonyl (C=O) groups is 1. The number of hydrogen-bond donors (Lipinski definition) is 2. The molecule has 2 aromatic carbocycles. The van der Waals surface area contributed by atoms with Gasteiger partial charge in [-0.05, 0) is 48.4 Å². The summed E-state index contributed by atoms with van der Waals surface area (Å²) < 4.78 is 0. The molecule has 0 aliphatic heterocycles. The van der Waals surface area contributed by atoms with Gasteiger partial charge in [0.15, 0.2) is 0 Å². The molecule has 5 heteroatoms. The number of rotatable bonds is 4. The molecule has 1 amide bonds. The van der Waals surface area contributed by atoms with Crippen LogP contribution < -0.4 is 10.6 Å². The van der Waals surface area contributed by atoms with Crippen molar-refractivity contribution in [2.75, 3.05) is 12.4 Å². The molecule has 2 N–H and O–H groups in total. The van der Waals surface area contributed by atoms with Crippen LogP contribution in [0.4, 0.5) is 5.69 Å². The normalized spacial score (nSPS) is 10.3. The zero-order valence-electron chi connectivity index (χ0n) is 11.8. The first-order chi connectivity index (χ1) is 10.0. The molecule has 2 rings (SSSR count). The fourth-order valence-electron chi connectivity index (χ4n) is 1.99. The van der Waals surface area contributed by atoms with Crippen molar-refractivity contribution in [2.24, 2.45) is 0 Å². The number of benzene rings is 2. The van der Waals surface area contributed by atoms with E-state index in [4.69, 9.17) is 23.2 Å². The maximum atomic E-state index is 11.6. The Bertz CT molecular complexity index is 671. The Labute approximate surface area is 134 Å². The molecular weight excluding hydrogens is 307 g/mol. The summed E-state index contributed by atoms with van der Waals surface area (Å²) in [7, 11) is 1.60. The minimum atomic E-state index is -0.141. The quantitative estimate of drug-likeness (QED) is 0.882. The molecule has 2 aromatic rings.